The van der Waals surface area contributed by atoms with Gasteiger partial charge in [-0.25, -0.2) is 0 Å². The molecule has 0 fully saturated rings. The van der Waals surface area contributed by atoms with Crippen molar-refractivity contribution >= 4 is 35.2 Å². The number of benzene rings is 2. The fourth-order valence-electron chi connectivity index (χ4n) is 2.16. The van der Waals surface area contributed by atoms with Crippen LogP contribution in [0.4, 0.5) is 22.7 Å². The van der Waals surface area contributed by atoms with Crippen LogP contribution in [0.1, 0.15) is 11.1 Å². The third-order valence-electron chi connectivity index (χ3n) is 3.38. The quantitative estimate of drug-likeness (QED) is 0.167. The summed E-state index contributed by atoms with van der Waals surface area (Å²) in [5, 5.41) is 19.6. The number of nitroso groups, excluding NO2 is 2. The number of rotatable bonds is 9. The van der Waals surface area contributed by atoms with Crippen molar-refractivity contribution in [1.82, 2.24) is 0 Å². The van der Waals surface area contributed by atoms with Crippen molar-refractivity contribution in [3.63, 3.8) is 0 Å². The van der Waals surface area contributed by atoms with Crippen molar-refractivity contribution in [2.75, 3.05) is 13.1 Å². The topological polar surface area (TPSA) is 185 Å². The van der Waals surface area contributed by atoms with Crippen LogP contribution in [0, 0.1) is 9.81 Å². The van der Waals surface area contributed by atoms with Crippen molar-refractivity contribution < 1.29 is 0 Å². The monoisotopic (exact) mass is 380 g/mol. The van der Waals surface area contributed by atoms with Crippen molar-refractivity contribution in [2.45, 2.75) is 0 Å². The molecule has 0 saturated carbocycles. The highest BCUT2D eigenvalue weighted by molar-refractivity contribution is 5.88. The van der Waals surface area contributed by atoms with Gasteiger partial charge in [-0.15, -0.1) is 20.0 Å². The summed E-state index contributed by atoms with van der Waals surface area (Å²) in [6.45, 7) is 0.674. The van der Waals surface area contributed by atoms with E-state index in [1.54, 1.807) is 24.3 Å². The van der Waals surface area contributed by atoms with E-state index in [4.69, 9.17) is 11.7 Å². The van der Waals surface area contributed by atoms with E-state index in [1.807, 2.05) is 0 Å². The molecule has 142 valence electrons. The van der Waals surface area contributed by atoms with Gasteiger partial charge in [-0.2, -0.15) is 0 Å². The number of nitrogens with two attached hydrogens (primary N) is 2. The SMILES string of the molecule is NN=Nc1ccc(N=O)c(/C=N/CC/N=C/c2cc(N=NN)ccc2N=O)c1. The maximum Gasteiger partial charge on any atom is 0.116 e. The molecule has 2 rings (SSSR count). The minimum atomic E-state index is 0.218. The lowest BCUT2D eigenvalue weighted by molar-refractivity contribution is 0.985. The van der Waals surface area contributed by atoms with E-state index >= 15 is 0 Å². The van der Waals surface area contributed by atoms with Crippen LogP contribution in [0.15, 0.2) is 77.4 Å². The average molecular weight is 380 g/mol. The largest absolute Gasteiger partial charge is 0.305 e. The lowest BCUT2D eigenvalue weighted by Crippen LogP contribution is -1.91. The molecular weight excluding hydrogens is 364 g/mol. The summed E-state index contributed by atoms with van der Waals surface area (Å²) in [4.78, 5) is 30.1. The highest BCUT2D eigenvalue weighted by Crippen LogP contribution is 2.24. The highest BCUT2D eigenvalue weighted by Gasteiger charge is 2.03. The van der Waals surface area contributed by atoms with E-state index in [1.165, 1.54) is 24.6 Å². The van der Waals surface area contributed by atoms with Crippen molar-refractivity contribution in [3.8, 4) is 0 Å². The Kier molecular flexibility index (Phi) is 7.68. The Morgan fingerprint density at radius 1 is 0.714 bits per heavy atom. The highest BCUT2D eigenvalue weighted by atomic mass is 16.3. The van der Waals surface area contributed by atoms with Gasteiger partial charge in [0.05, 0.1) is 24.5 Å². The number of hydrogen-bond donors (Lipinski definition) is 2. The van der Waals surface area contributed by atoms with Gasteiger partial charge in [0.25, 0.3) is 0 Å². The van der Waals surface area contributed by atoms with Gasteiger partial charge in [0.1, 0.15) is 11.4 Å². The van der Waals surface area contributed by atoms with E-state index in [2.05, 4.69) is 41.0 Å². The second-order valence-corrected chi connectivity index (χ2v) is 5.17. The second-order valence-electron chi connectivity index (χ2n) is 5.17. The van der Waals surface area contributed by atoms with Crippen LogP contribution in [0.2, 0.25) is 0 Å². The molecule has 12 nitrogen and oxygen atoms in total. The summed E-state index contributed by atoms with van der Waals surface area (Å²) in [7, 11) is 0. The first-order valence-electron chi connectivity index (χ1n) is 7.88. The van der Waals surface area contributed by atoms with Crippen molar-refractivity contribution in [2.24, 2.45) is 52.7 Å². The van der Waals surface area contributed by atoms with Gasteiger partial charge in [-0.1, -0.05) is 10.4 Å². The van der Waals surface area contributed by atoms with Crippen LogP contribution >= 0.6 is 0 Å². The Balaban J connectivity index is 2.02. The molecule has 0 aliphatic heterocycles. The molecule has 0 unspecified atom stereocenters. The van der Waals surface area contributed by atoms with Gasteiger partial charge in [0.15, 0.2) is 0 Å². The van der Waals surface area contributed by atoms with Crippen LogP contribution in [-0.4, -0.2) is 25.5 Å². The maximum atomic E-state index is 10.9. The van der Waals surface area contributed by atoms with Crippen LogP contribution in [0.3, 0.4) is 0 Å². The zero-order chi connectivity index (χ0) is 20.2. The van der Waals surface area contributed by atoms with Gasteiger partial charge in [-0.05, 0) is 46.8 Å². The Bertz CT molecular complexity index is 875. The maximum absolute atomic E-state index is 10.9. The van der Waals surface area contributed by atoms with Gasteiger partial charge in [0, 0.05) is 23.6 Å². The number of nitrogens with zero attached hydrogens (tertiary/aromatic N) is 8. The van der Waals surface area contributed by atoms with Crippen molar-refractivity contribution in [1.29, 1.82) is 0 Å². The van der Waals surface area contributed by atoms with Gasteiger partial charge in [-0.3, -0.25) is 9.98 Å². The molecule has 0 heterocycles. The molecule has 0 radical (unpaired) electrons. The van der Waals surface area contributed by atoms with E-state index in [-0.39, 0.29) is 11.4 Å². The molecule has 0 aromatic heterocycles. The van der Waals surface area contributed by atoms with Gasteiger partial charge >= 0.3 is 0 Å². The molecule has 0 bridgehead atoms. The first-order chi connectivity index (χ1) is 13.7. The second kappa shape index (κ2) is 10.7. The third-order valence-corrected chi connectivity index (χ3v) is 3.38. The molecule has 2 aromatic rings. The summed E-state index contributed by atoms with van der Waals surface area (Å²) < 4.78 is 0. The first kappa shape index (κ1) is 20.1. The standard InChI is InChI=1S/C16H16N10O2/c17-25-21-13-1-3-15(23-27)11(7-13)9-19-5-6-20-10-12-8-14(22-26-18)2-4-16(12)24-28/h1-4,7-10H,5-6H2,(H2,17,21)(H2,18,22)/b19-9+,20-10+. The molecule has 0 atom stereocenters. The van der Waals surface area contributed by atoms with E-state index in [0.29, 0.717) is 35.6 Å². The Labute approximate surface area is 159 Å². The lowest BCUT2D eigenvalue weighted by Gasteiger charge is -1.99. The molecule has 0 spiro atoms. The van der Waals surface area contributed by atoms with E-state index in [0.717, 1.165) is 0 Å². The molecule has 0 aliphatic rings. The zero-order valence-corrected chi connectivity index (χ0v) is 14.6. The summed E-state index contributed by atoms with van der Waals surface area (Å²) in [5.74, 6) is 10.0. The summed E-state index contributed by atoms with van der Waals surface area (Å²) in [6.07, 6.45) is 2.98. The smallest absolute Gasteiger partial charge is 0.116 e. The molecule has 12 heteroatoms. The molecule has 0 saturated heterocycles. The molecule has 2 aromatic carbocycles. The number of hydrogen-bond acceptors (Lipinski definition) is 10. The molecular formula is C16H16N10O2. The molecule has 0 amide bonds. The minimum Gasteiger partial charge on any atom is -0.305 e. The minimum absolute atomic E-state index is 0.218. The molecule has 4 N–H and O–H groups in total. The molecule has 0 aliphatic carbocycles. The average Bonchev–Trinajstić information content (AvgIpc) is 2.71. The first-order valence-corrected chi connectivity index (χ1v) is 7.88. The summed E-state index contributed by atoms with van der Waals surface area (Å²) in [5.41, 5.74) is 2.34. The lowest BCUT2D eigenvalue weighted by atomic mass is 10.2. The fourth-order valence-corrected chi connectivity index (χ4v) is 2.16. The summed E-state index contributed by atoms with van der Waals surface area (Å²) >= 11 is 0. The van der Waals surface area contributed by atoms with Gasteiger partial charge < -0.3 is 11.7 Å². The number of aliphatic imine (C=N–C) groups is 2. The van der Waals surface area contributed by atoms with Crippen LogP contribution in [-0.2, 0) is 0 Å². The molecule has 28 heavy (non-hydrogen) atoms. The van der Waals surface area contributed by atoms with E-state index < -0.39 is 0 Å². The third kappa shape index (κ3) is 5.66. The Morgan fingerprint density at radius 3 is 1.50 bits per heavy atom. The zero-order valence-electron chi connectivity index (χ0n) is 14.6. The van der Waals surface area contributed by atoms with Crippen LogP contribution in [0.25, 0.3) is 0 Å². The normalized spacial score (nSPS) is 11.9. The van der Waals surface area contributed by atoms with Crippen molar-refractivity contribution in [3.05, 3.63) is 57.3 Å². The van der Waals surface area contributed by atoms with Gasteiger partial charge in [0.2, 0.25) is 0 Å². The van der Waals surface area contributed by atoms with E-state index in [9.17, 15) is 9.81 Å². The fraction of sp³-hybridized carbons (Fsp3) is 0.125. The summed E-state index contributed by atoms with van der Waals surface area (Å²) in [6, 6.07) is 9.28. The Hall–Kier alpha value is -4.22. The Morgan fingerprint density at radius 2 is 1.14 bits per heavy atom. The van der Waals surface area contributed by atoms with Crippen LogP contribution in [0.5, 0.6) is 0 Å². The predicted octanol–water partition coefficient (Wildman–Crippen LogP) is 3.94. The van der Waals surface area contributed by atoms with Crippen LogP contribution < -0.4 is 11.7 Å². The predicted molar refractivity (Wildman–Crippen MR) is 106 cm³/mol.